The van der Waals surface area contributed by atoms with E-state index < -0.39 is 11.6 Å². The zero-order valence-electron chi connectivity index (χ0n) is 23.5. The fourth-order valence-corrected chi connectivity index (χ4v) is 7.05. The normalized spacial score (nSPS) is 20.6. The van der Waals surface area contributed by atoms with Gasteiger partial charge in [-0.3, -0.25) is 4.98 Å². The SMILES string of the molecule is CC.CC1CC2C1CCN2c1ncc2c3c(c(-c4ncc(F)c5sc(N)c(C#N)c45)c(F)c2n1)COC3.CCC. The van der Waals surface area contributed by atoms with Crippen LogP contribution in [0.2, 0.25) is 0 Å². The number of anilines is 2. The summed E-state index contributed by atoms with van der Waals surface area (Å²) >= 11 is 0.962. The average Bonchev–Trinajstić information content (AvgIpc) is 3.66. The van der Waals surface area contributed by atoms with E-state index in [4.69, 9.17) is 15.5 Å². The highest BCUT2D eigenvalue weighted by molar-refractivity contribution is 7.23. The molecule has 1 aromatic carbocycles. The van der Waals surface area contributed by atoms with Crippen LogP contribution in [0.3, 0.4) is 0 Å². The highest BCUT2D eigenvalue weighted by atomic mass is 32.1. The van der Waals surface area contributed by atoms with Crippen LogP contribution in [0.25, 0.3) is 32.2 Å². The van der Waals surface area contributed by atoms with Crippen molar-refractivity contribution >= 4 is 43.3 Å². The molecule has 5 heterocycles. The molecule has 7 rings (SSSR count). The summed E-state index contributed by atoms with van der Waals surface area (Å²) < 4.78 is 36.9. The van der Waals surface area contributed by atoms with Gasteiger partial charge in [0, 0.05) is 35.1 Å². The van der Waals surface area contributed by atoms with Crippen LogP contribution < -0.4 is 10.6 Å². The zero-order valence-corrected chi connectivity index (χ0v) is 24.3. The van der Waals surface area contributed by atoms with Crippen molar-refractivity contribution < 1.29 is 13.5 Å². The molecule has 7 nitrogen and oxygen atoms in total. The van der Waals surface area contributed by atoms with Crippen molar-refractivity contribution in [3.05, 3.63) is 40.7 Å². The number of halogens is 2. The minimum Gasteiger partial charge on any atom is -0.389 e. The van der Waals surface area contributed by atoms with Gasteiger partial charge in [-0.2, -0.15) is 5.26 Å². The predicted octanol–water partition coefficient (Wildman–Crippen LogP) is 7.35. The summed E-state index contributed by atoms with van der Waals surface area (Å²) in [6.45, 7) is 11.8. The summed E-state index contributed by atoms with van der Waals surface area (Å²) in [6, 6.07) is 2.43. The van der Waals surface area contributed by atoms with Gasteiger partial charge in [-0.15, -0.1) is 11.3 Å². The molecule has 210 valence electrons. The first-order valence-electron chi connectivity index (χ1n) is 14.0. The highest BCUT2D eigenvalue weighted by Crippen LogP contribution is 2.47. The van der Waals surface area contributed by atoms with Crippen LogP contribution in [0.5, 0.6) is 0 Å². The number of pyridine rings is 1. The Balaban J connectivity index is 0.000000607. The van der Waals surface area contributed by atoms with Gasteiger partial charge < -0.3 is 15.4 Å². The summed E-state index contributed by atoms with van der Waals surface area (Å²) in [7, 11) is 0. The Bertz CT molecular complexity index is 1630. The second-order valence-electron chi connectivity index (χ2n) is 10.3. The molecule has 0 radical (unpaired) electrons. The third kappa shape index (κ3) is 4.27. The maximum Gasteiger partial charge on any atom is 0.226 e. The van der Waals surface area contributed by atoms with E-state index in [-0.39, 0.29) is 50.6 Å². The summed E-state index contributed by atoms with van der Waals surface area (Å²) in [5.74, 6) is 0.677. The summed E-state index contributed by atoms with van der Waals surface area (Å²) in [5, 5.41) is 10.7. The predicted molar refractivity (Wildman–Crippen MR) is 156 cm³/mol. The van der Waals surface area contributed by atoms with Crippen LogP contribution in [0.4, 0.5) is 19.7 Å². The fourth-order valence-electron chi connectivity index (χ4n) is 6.13. The van der Waals surface area contributed by atoms with E-state index in [0.29, 0.717) is 34.8 Å². The number of thiophene rings is 1. The number of nitrogen functional groups attached to an aromatic ring is 1. The first-order valence-corrected chi connectivity index (χ1v) is 14.8. The molecule has 0 amide bonds. The number of nitrogens with zero attached hydrogens (tertiary/aromatic N) is 5. The molecule has 2 aliphatic heterocycles. The van der Waals surface area contributed by atoms with E-state index in [1.807, 2.05) is 19.9 Å². The Morgan fingerprint density at radius 3 is 2.58 bits per heavy atom. The molecular weight excluding hydrogens is 530 g/mol. The molecule has 10 heteroatoms. The van der Waals surface area contributed by atoms with Crippen molar-refractivity contribution in [2.75, 3.05) is 17.2 Å². The second kappa shape index (κ2) is 11.2. The standard InChI is InChI=1S/C25H20F2N6OS.C3H8.C2H6/c1-10-4-17-11(10)2-3-33(17)25-31-6-13-14-8-34-9-15(14)18(20(27)21(13)32-25)22-19-12(5-28)24(29)35-23(19)16(26)7-30-22;1-3-2;1-2/h6-7,10-11,17H,2-4,8-9,29H2,1H3;3H2,1-2H3;1-2H3. The van der Waals surface area contributed by atoms with E-state index in [2.05, 4.69) is 35.6 Å². The largest absolute Gasteiger partial charge is 0.389 e. The first-order chi connectivity index (χ1) is 19.4. The van der Waals surface area contributed by atoms with Crippen molar-refractivity contribution in [2.45, 2.75) is 73.1 Å². The van der Waals surface area contributed by atoms with Gasteiger partial charge in [0.05, 0.1) is 35.4 Å². The molecular formula is C30H34F2N6OS. The van der Waals surface area contributed by atoms with Gasteiger partial charge in [0.1, 0.15) is 16.6 Å². The number of ether oxygens (including phenoxy) is 1. The van der Waals surface area contributed by atoms with Gasteiger partial charge in [-0.1, -0.05) is 41.0 Å². The van der Waals surface area contributed by atoms with E-state index in [9.17, 15) is 9.65 Å². The Hall–Kier alpha value is -3.42. The quantitative estimate of drug-likeness (QED) is 0.272. The van der Waals surface area contributed by atoms with Gasteiger partial charge in [0.15, 0.2) is 11.6 Å². The average molecular weight is 565 g/mol. The molecule has 1 saturated heterocycles. The maximum absolute atomic E-state index is 16.4. The number of nitriles is 1. The van der Waals surface area contributed by atoms with Crippen LogP contribution in [-0.2, 0) is 18.0 Å². The number of hydrogen-bond acceptors (Lipinski definition) is 8. The lowest BCUT2D eigenvalue weighted by molar-refractivity contribution is 0.135. The number of hydrogen-bond donors (Lipinski definition) is 1. The van der Waals surface area contributed by atoms with Crippen molar-refractivity contribution in [3.63, 3.8) is 0 Å². The van der Waals surface area contributed by atoms with E-state index in [1.54, 1.807) is 6.20 Å². The number of fused-ring (bicyclic) bond motifs is 5. The zero-order chi connectivity index (χ0) is 28.7. The minimum atomic E-state index is -0.598. The lowest BCUT2D eigenvalue weighted by Gasteiger charge is -2.41. The number of aromatic nitrogens is 3. The van der Waals surface area contributed by atoms with Gasteiger partial charge in [0.2, 0.25) is 5.95 Å². The van der Waals surface area contributed by atoms with Crippen LogP contribution in [0.1, 0.15) is 70.6 Å². The summed E-state index contributed by atoms with van der Waals surface area (Å²) in [6.07, 6.45) is 6.16. The molecule has 1 aliphatic carbocycles. The molecule has 4 aromatic rings. The number of benzene rings is 1. The summed E-state index contributed by atoms with van der Waals surface area (Å²) in [5.41, 5.74) is 8.07. The smallest absolute Gasteiger partial charge is 0.226 e. The van der Waals surface area contributed by atoms with Crippen molar-refractivity contribution in [1.82, 2.24) is 15.0 Å². The minimum absolute atomic E-state index is 0.102. The summed E-state index contributed by atoms with van der Waals surface area (Å²) in [4.78, 5) is 15.8. The van der Waals surface area contributed by atoms with Gasteiger partial charge in [-0.25, -0.2) is 18.7 Å². The van der Waals surface area contributed by atoms with Crippen LogP contribution in [-0.4, -0.2) is 27.5 Å². The van der Waals surface area contributed by atoms with Crippen LogP contribution in [0, 0.1) is 34.8 Å². The van der Waals surface area contributed by atoms with Gasteiger partial charge in [0.25, 0.3) is 0 Å². The maximum atomic E-state index is 16.4. The monoisotopic (exact) mass is 564 g/mol. The molecule has 3 aliphatic rings. The van der Waals surface area contributed by atoms with Crippen molar-refractivity contribution in [3.8, 4) is 17.3 Å². The molecule has 3 aromatic heterocycles. The molecule has 2 fully saturated rings. The third-order valence-corrected chi connectivity index (χ3v) is 8.96. The van der Waals surface area contributed by atoms with Gasteiger partial charge in [-0.05, 0) is 35.8 Å². The van der Waals surface area contributed by atoms with Crippen LogP contribution in [0.15, 0.2) is 12.4 Å². The van der Waals surface area contributed by atoms with E-state index >= 15 is 4.39 Å². The molecule has 3 unspecified atom stereocenters. The Morgan fingerprint density at radius 1 is 1.18 bits per heavy atom. The Labute approximate surface area is 237 Å². The lowest BCUT2D eigenvalue weighted by atomic mass is 9.71. The van der Waals surface area contributed by atoms with Crippen LogP contribution >= 0.6 is 11.3 Å². The molecule has 40 heavy (non-hydrogen) atoms. The Kier molecular flexibility index (Phi) is 7.89. The Morgan fingerprint density at radius 2 is 1.90 bits per heavy atom. The topological polar surface area (TPSA) is 101 Å². The lowest BCUT2D eigenvalue weighted by Crippen LogP contribution is -2.45. The second-order valence-corrected chi connectivity index (χ2v) is 11.4. The molecule has 3 atom stereocenters. The molecule has 1 saturated carbocycles. The van der Waals surface area contributed by atoms with Crippen molar-refractivity contribution in [2.24, 2.45) is 11.8 Å². The third-order valence-electron chi connectivity index (χ3n) is 7.93. The van der Waals surface area contributed by atoms with Crippen molar-refractivity contribution in [1.29, 1.82) is 5.26 Å². The van der Waals surface area contributed by atoms with E-state index in [0.717, 1.165) is 42.5 Å². The fraction of sp³-hybridized carbons (Fsp3) is 0.467. The first kappa shape index (κ1) is 28.1. The highest BCUT2D eigenvalue weighted by Gasteiger charge is 2.47. The number of rotatable bonds is 2. The van der Waals surface area contributed by atoms with E-state index in [1.165, 1.54) is 6.42 Å². The molecule has 0 spiro atoms. The molecule has 2 N–H and O–H groups in total. The molecule has 0 bridgehead atoms. The number of nitrogens with two attached hydrogens (primary N) is 1. The van der Waals surface area contributed by atoms with Gasteiger partial charge >= 0.3 is 0 Å².